The van der Waals surface area contributed by atoms with Crippen molar-refractivity contribution in [3.8, 4) is 5.75 Å². The van der Waals surface area contributed by atoms with Crippen LogP contribution in [-0.4, -0.2) is 37.3 Å². The molecule has 0 unspecified atom stereocenters. The van der Waals surface area contributed by atoms with Gasteiger partial charge in [0.15, 0.2) is 6.79 Å². The molecule has 1 aromatic carbocycles. The van der Waals surface area contributed by atoms with Crippen LogP contribution < -0.4 is 10.5 Å². The van der Waals surface area contributed by atoms with Crippen LogP contribution in [0.4, 0.5) is 5.69 Å². The maximum Gasteiger partial charge on any atom is 0.189 e. The van der Waals surface area contributed by atoms with Crippen molar-refractivity contribution in [3.05, 3.63) is 23.3 Å². The summed E-state index contributed by atoms with van der Waals surface area (Å²) in [6.45, 7) is 2.83. The Morgan fingerprint density at radius 1 is 1.44 bits per heavy atom. The summed E-state index contributed by atoms with van der Waals surface area (Å²) in [5.41, 5.74) is 8.90. The second-order valence-electron chi connectivity index (χ2n) is 4.51. The van der Waals surface area contributed by atoms with Crippen molar-refractivity contribution in [2.75, 3.05) is 38.1 Å². The first-order chi connectivity index (χ1) is 8.70. The van der Waals surface area contributed by atoms with Crippen LogP contribution in [0.1, 0.15) is 11.1 Å². The zero-order valence-corrected chi connectivity index (χ0v) is 11.8. The zero-order chi connectivity index (χ0) is 13.0. The Morgan fingerprint density at radius 3 is 3.06 bits per heavy atom. The quantitative estimate of drug-likeness (QED) is 0.827. The smallest absolute Gasteiger partial charge is 0.189 e. The summed E-state index contributed by atoms with van der Waals surface area (Å²) in [7, 11) is 2.12. The van der Waals surface area contributed by atoms with Crippen LogP contribution in [0, 0.1) is 0 Å². The van der Waals surface area contributed by atoms with E-state index in [1.807, 2.05) is 23.9 Å². The lowest BCUT2D eigenvalue weighted by atomic mass is 10.1. The molecule has 0 aliphatic carbocycles. The Morgan fingerprint density at radius 2 is 2.28 bits per heavy atom. The number of thioether (sulfide) groups is 1. The fourth-order valence-electron chi connectivity index (χ4n) is 2.06. The molecule has 1 aromatic rings. The van der Waals surface area contributed by atoms with E-state index in [0.29, 0.717) is 13.4 Å². The standard InChI is InChI=1S/C13H20N2O2S/c1-15(3-4-18-2)7-10-5-12(14)6-11-8-16-9-17-13(10)11/h5-6H,3-4,7-9,14H2,1-2H3. The Hall–Kier alpha value is -0.910. The van der Waals surface area contributed by atoms with Gasteiger partial charge in [-0.1, -0.05) is 0 Å². The topological polar surface area (TPSA) is 47.7 Å². The largest absolute Gasteiger partial charge is 0.467 e. The maximum atomic E-state index is 5.92. The maximum absolute atomic E-state index is 5.92. The van der Waals surface area contributed by atoms with Gasteiger partial charge in [-0.2, -0.15) is 11.8 Å². The third-order valence-electron chi connectivity index (χ3n) is 2.93. The van der Waals surface area contributed by atoms with Crippen LogP contribution in [0.2, 0.25) is 0 Å². The van der Waals surface area contributed by atoms with E-state index in [-0.39, 0.29) is 0 Å². The molecule has 18 heavy (non-hydrogen) atoms. The van der Waals surface area contributed by atoms with E-state index in [2.05, 4.69) is 18.2 Å². The SMILES string of the molecule is CSCCN(C)Cc1cc(N)cc2c1OCOC2. The van der Waals surface area contributed by atoms with Crippen molar-refractivity contribution in [3.63, 3.8) is 0 Å². The number of hydrogen-bond acceptors (Lipinski definition) is 5. The molecule has 5 heteroatoms. The predicted molar refractivity (Wildman–Crippen MR) is 75.9 cm³/mol. The van der Waals surface area contributed by atoms with Crippen LogP contribution in [0.15, 0.2) is 12.1 Å². The Labute approximate surface area is 112 Å². The van der Waals surface area contributed by atoms with Gasteiger partial charge in [0.1, 0.15) is 5.75 Å². The van der Waals surface area contributed by atoms with Gasteiger partial charge in [0.25, 0.3) is 0 Å². The summed E-state index contributed by atoms with van der Waals surface area (Å²) in [4.78, 5) is 2.28. The van der Waals surface area contributed by atoms with Crippen LogP contribution in [0.25, 0.3) is 0 Å². The third-order valence-corrected chi connectivity index (χ3v) is 3.52. The van der Waals surface area contributed by atoms with E-state index in [1.54, 1.807) is 0 Å². The Balaban J connectivity index is 2.13. The minimum atomic E-state index is 0.332. The molecule has 0 bridgehead atoms. The lowest BCUT2D eigenvalue weighted by Gasteiger charge is -2.24. The van der Waals surface area contributed by atoms with E-state index in [4.69, 9.17) is 15.2 Å². The van der Waals surface area contributed by atoms with E-state index in [9.17, 15) is 0 Å². The summed E-state index contributed by atoms with van der Waals surface area (Å²) in [6, 6.07) is 3.93. The first-order valence-corrected chi connectivity index (χ1v) is 7.39. The molecular weight excluding hydrogens is 248 g/mol. The molecule has 0 amide bonds. The molecule has 4 nitrogen and oxygen atoms in total. The van der Waals surface area contributed by atoms with Gasteiger partial charge >= 0.3 is 0 Å². The van der Waals surface area contributed by atoms with Crippen LogP contribution in [0.3, 0.4) is 0 Å². The first kappa shape index (κ1) is 13.5. The van der Waals surface area contributed by atoms with E-state index in [0.717, 1.165) is 41.4 Å². The fraction of sp³-hybridized carbons (Fsp3) is 0.538. The average molecular weight is 268 g/mol. The number of hydrogen-bond donors (Lipinski definition) is 1. The molecule has 2 rings (SSSR count). The minimum absolute atomic E-state index is 0.332. The van der Waals surface area contributed by atoms with E-state index in [1.165, 1.54) is 0 Å². The number of benzene rings is 1. The van der Waals surface area contributed by atoms with Gasteiger partial charge in [-0.25, -0.2) is 0 Å². The highest BCUT2D eigenvalue weighted by molar-refractivity contribution is 7.98. The normalized spacial score (nSPS) is 14.4. The molecule has 1 heterocycles. The van der Waals surface area contributed by atoms with Crippen molar-refractivity contribution >= 4 is 17.4 Å². The summed E-state index contributed by atoms with van der Waals surface area (Å²) in [6.07, 6.45) is 2.12. The molecule has 0 spiro atoms. The molecule has 0 atom stereocenters. The number of rotatable bonds is 5. The van der Waals surface area contributed by atoms with Gasteiger partial charge in [0.05, 0.1) is 6.61 Å². The van der Waals surface area contributed by atoms with Crippen LogP contribution in [0.5, 0.6) is 5.75 Å². The molecule has 2 N–H and O–H groups in total. The van der Waals surface area contributed by atoms with Crippen molar-refractivity contribution in [1.29, 1.82) is 0 Å². The zero-order valence-electron chi connectivity index (χ0n) is 10.9. The number of fused-ring (bicyclic) bond motifs is 1. The van der Waals surface area contributed by atoms with Gasteiger partial charge in [-0.3, -0.25) is 0 Å². The molecule has 1 aliphatic heterocycles. The van der Waals surface area contributed by atoms with Gasteiger partial charge in [-0.15, -0.1) is 0 Å². The molecule has 1 aliphatic rings. The van der Waals surface area contributed by atoms with Crippen molar-refractivity contribution in [1.82, 2.24) is 4.90 Å². The highest BCUT2D eigenvalue weighted by Gasteiger charge is 2.16. The molecule has 0 fully saturated rings. The summed E-state index contributed by atoms with van der Waals surface area (Å²) < 4.78 is 10.9. The van der Waals surface area contributed by atoms with E-state index < -0.39 is 0 Å². The van der Waals surface area contributed by atoms with Gasteiger partial charge in [0, 0.05) is 35.7 Å². The van der Waals surface area contributed by atoms with Crippen LogP contribution in [-0.2, 0) is 17.9 Å². The Kier molecular flexibility index (Phi) is 4.74. The van der Waals surface area contributed by atoms with Gasteiger partial charge < -0.3 is 20.1 Å². The second-order valence-corrected chi connectivity index (χ2v) is 5.50. The molecule has 0 saturated heterocycles. The second kappa shape index (κ2) is 6.31. The average Bonchev–Trinajstić information content (AvgIpc) is 2.36. The highest BCUT2D eigenvalue weighted by Crippen LogP contribution is 2.31. The number of nitrogens with two attached hydrogens (primary N) is 1. The number of anilines is 1. The summed E-state index contributed by atoms with van der Waals surface area (Å²) in [5, 5.41) is 0. The Bertz CT molecular complexity index is 412. The third kappa shape index (κ3) is 3.31. The van der Waals surface area contributed by atoms with Crippen molar-refractivity contribution in [2.24, 2.45) is 0 Å². The lowest BCUT2D eigenvalue weighted by molar-refractivity contribution is -0.0173. The van der Waals surface area contributed by atoms with Crippen molar-refractivity contribution in [2.45, 2.75) is 13.2 Å². The van der Waals surface area contributed by atoms with Gasteiger partial charge in [-0.05, 0) is 25.4 Å². The first-order valence-electron chi connectivity index (χ1n) is 6.00. The van der Waals surface area contributed by atoms with Gasteiger partial charge in [0.2, 0.25) is 0 Å². The summed E-state index contributed by atoms with van der Waals surface area (Å²) in [5.74, 6) is 2.08. The summed E-state index contributed by atoms with van der Waals surface area (Å²) >= 11 is 1.85. The minimum Gasteiger partial charge on any atom is -0.467 e. The molecule has 0 saturated carbocycles. The molecular formula is C13H20N2O2S. The highest BCUT2D eigenvalue weighted by atomic mass is 32.2. The lowest BCUT2D eigenvalue weighted by Crippen LogP contribution is -2.22. The van der Waals surface area contributed by atoms with Crippen LogP contribution >= 0.6 is 11.8 Å². The van der Waals surface area contributed by atoms with E-state index >= 15 is 0 Å². The molecule has 0 radical (unpaired) electrons. The molecule has 0 aromatic heterocycles. The number of ether oxygens (including phenoxy) is 2. The van der Waals surface area contributed by atoms with Crippen molar-refractivity contribution < 1.29 is 9.47 Å². The number of nitrogens with zero attached hydrogens (tertiary/aromatic N) is 1. The monoisotopic (exact) mass is 268 g/mol. The number of nitrogen functional groups attached to an aromatic ring is 1. The predicted octanol–water partition coefficient (Wildman–Crippen LogP) is 1.93. The molecule has 100 valence electrons. The fourth-order valence-corrected chi connectivity index (χ4v) is 2.55.